The Morgan fingerprint density at radius 3 is 2.95 bits per heavy atom. The van der Waals surface area contributed by atoms with Gasteiger partial charge in [-0.25, -0.2) is 9.07 Å². The van der Waals surface area contributed by atoms with Crippen LogP contribution in [0.4, 0.5) is 10.1 Å². The van der Waals surface area contributed by atoms with E-state index in [0.29, 0.717) is 11.4 Å². The Morgan fingerprint density at radius 2 is 2.30 bits per heavy atom. The fraction of sp³-hybridized carbons (Fsp3) is 0.308. The molecule has 0 bridgehead atoms. The largest absolute Gasteiger partial charge is 0.387 e. The van der Waals surface area contributed by atoms with Crippen molar-refractivity contribution < 1.29 is 14.3 Å². The molecule has 7 heteroatoms. The first-order valence-corrected chi connectivity index (χ1v) is 6.10. The SMILES string of the molecule is Cc1ccc(F)cc1NC(=O)Cn1cc(C(C)O)nn1. The highest BCUT2D eigenvalue weighted by Gasteiger charge is 2.10. The summed E-state index contributed by atoms with van der Waals surface area (Å²) in [4.78, 5) is 11.8. The maximum Gasteiger partial charge on any atom is 0.246 e. The van der Waals surface area contributed by atoms with Crippen LogP contribution in [0.5, 0.6) is 0 Å². The van der Waals surface area contributed by atoms with E-state index in [1.807, 2.05) is 0 Å². The van der Waals surface area contributed by atoms with Crippen LogP contribution in [0.15, 0.2) is 24.4 Å². The molecule has 0 saturated carbocycles. The number of nitrogens with zero attached hydrogens (tertiary/aromatic N) is 3. The summed E-state index contributed by atoms with van der Waals surface area (Å²) < 4.78 is 14.4. The molecule has 0 aliphatic carbocycles. The number of hydrogen-bond donors (Lipinski definition) is 2. The van der Waals surface area contributed by atoms with E-state index >= 15 is 0 Å². The number of nitrogens with one attached hydrogen (secondary N) is 1. The maximum absolute atomic E-state index is 13.1. The summed E-state index contributed by atoms with van der Waals surface area (Å²) in [5.41, 5.74) is 1.58. The van der Waals surface area contributed by atoms with E-state index in [-0.39, 0.29) is 12.5 Å². The maximum atomic E-state index is 13.1. The first-order chi connectivity index (χ1) is 9.45. The monoisotopic (exact) mass is 278 g/mol. The number of anilines is 1. The number of amides is 1. The number of rotatable bonds is 4. The molecule has 1 unspecified atom stereocenters. The number of halogens is 1. The third-order valence-electron chi connectivity index (χ3n) is 2.76. The van der Waals surface area contributed by atoms with Gasteiger partial charge in [-0.2, -0.15) is 0 Å². The molecule has 0 spiro atoms. The molecule has 1 aromatic heterocycles. The van der Waals surface area contributed by atoms with E-state index < -0.39 is 11.9 Å². The lowest BCUT2D eigenvalue weighted by Gasteiger charge is -2.08. The average molecular weight is 278 g/mol. The van der Waals surface area contributed by atoms with Gasteiger partial charge in [-0.1, -0.05) is 11.3 Å². The summed E-state index contributed by atoms with van der Waals surface area (Å²) in [6.07, 6.45) is 0.750. The first-order valence-electron chi connectivity index (χ1n) is 6.10. The second-order valence-corrected chi connectivity index (χ2v) is 4.52. The van der Waals surface area contributed by atoms with Crippen LogP contribution in [0.2, 0.25) is 0 Å². The standard InChI is InChI=1S/C13H15FN4O2/c1-8-3-4-10(14)5-11(8)15-13(20)7-18-6-12(9(2)19)16-17-18/h3-6,9,19H,7H2,1-2H3,(H,15,20). The van der Waals surface area contributed by atoms with E-state index in [9.17, 15) is 14.3 Å². The van der Waals surface area contributed by atoms with Gasteiger partial charge in [0.2, 0.25) is 5.91 Å². The fourth-order valence-corrected chi connectivity index (χ4v) is 1.65. The van der Waals surface area contributed by atoms with Crippen molar-refractivity contribution in [1.29, 1.82) is 0 Å². The zero-order valence-corrected chi connectivity index (χ0v) is 11.2. The number of aliphatic hydroxyl groups is 1. The topological polar surface area (TPSA) is 80.0 Å². The van der Waals surface area contributed by atoms with Crippen LogP contribution in [0.1, 0.15) is 24.3 Å². The molecule has 1 amide bonds. The van der Waals surface area contributed by atoms with E-state index in [2.05, 4.69) is 15.6 Å². The molecule has 6 nitrogen and oxygen atoms in total. The van der Waals surface area contributed by atoms with Gasteiger partial charge >= 0.3 is 0 Å². The second kappa shape index (κ2) is 5.79. The average Bonchev–Trinajstić information content (AvgIpc) is 2.82. The Balaban J connectivity index is 2.03. The van der Waals surface area contributed by atoms with E-state index in [1.165, 1.54) is 23.0 Å². The first kappa shape index (κ1) is 14.1. The molecule has 2 N–H and O–H groups in total. The molecular formula is C13H15FN4O2. The molecule has 0 radical (unpaired) electrons. The van der Waals surface area contributed by atoms with Gasteiger partial charge in [-0.15, -0.1) is 5.10 Å². The van der Waals surface area contributed by atoms with Crippen molar-refractivity contribution in [3.8, 4) is 0 Å². The van der Waals surface area contributed by atoms with Gasteiger partial charge in [-0.05, 0) is 31.5 Å². The van der Waals surface area contributed by atoms with Crippen molar-refractivity contribution in [2.75, 3.05) is 5.32 Å². The van der Waals surface area contributed by atoms with Crippen molar-refractivity contribution >= 4 is 11.6 Å². The predicted octanol–water partition coefficient (Wildman–Crippen LogP) is 1.42. The minimum atomic E-state index is -0.739. The molecule has 0 aliphatic heterocycles. The van der Waals surface area contributed by atoms with Gasteiger partial charge in [-0.3, -0.25) is 4.79 Å². The lowest BCUT2D eigenvalue weighted by Crippen LogP contribution is -2.19. The molecule has 1 heterocycles. The van der Waals surface area contributed by atoms with Crippen LogP contribution in [0, 0.1) is 12.7 Å². The van der Waals surface area contributed by atoms with E-state index in [4.69, 9.17) is 0 Å². The molecule has 20 heavy (non-hydrogen) atoms. The Hall–Kier alpha value is -2.28. The van der Waals surface area contributed by atoms with Crippen LogP contribution < -0.4 is 5.32 Å². The molecular weight excluding hydrogens is 263 g/mol. The molecule has 1 aromatic carbocycles. The van der Waals surface area contributed by atoms with Gasteiger partial charge in [0.1, 0.15) is 18.1 Å². The molecule has 106 valence electrons. The molecule has 2 rings (SSSR count). The van der Waals surface area contributed by atoms with Crippen LogP contribution >= 0.6 is 0 Å². The number of aliphatic hydroxyl groups excluding tert-OH is 1. The minimum absolute atomic E-state index is 0.0598. The molecule has 2 aromatic rings. The summed E-state index contributed by atoms with van der Waals surface area (Å²) in [6, 6.07) is 4.18. The minimum Gasteiger partial charge on any atom is -0.387 e. The Bertz CT molecular complexity index is 625. The molecule has 0 fully saturated rings. The number of hydrogen-bond acceptors (Lipinski definition) is 4. The zero-order valence-electron chi connectivity index (χ0n) is 11.2. The highest BCUT2D eigenvalue weighted by Crippen LogP contribution is 2.16. The van der Waals surface area contributed by atoms with Gasteiger partial charge in [0.05, 0.1) is 12.3 Å². The van der Waals surface area contributed by atoms with Crippen LogP contribution in [-0.4, -0.2) is 26.0 Å². The van der Waals surface area contributed by atoms with E-state index in [0.717, 1.165) is 5.56 Å². The summed E-state index contributed by atoms with van der Waals surface area (Å²) in [6.45, 7) is 3.27. The third-order valence-corrected chi connectivity index (χ3v) is 2.76. The predicted molar refractivity (Wildman–Crippen MR) is 70.4 cm³/mol. The van der Waals surface area contributed by atoms with Gasteiger partial charge in [0.25, 0.3) is 0 Å². The van der Waals surface area contributed by atoms with Crippen molar-refractivity contribution in [2.45, 2.75) is 26.5 Å². The quantitative estimate of drug-likeness (QED) is 0.886. The second-order valence-electron chi connectivity index (χ2n) is 4.52. The third kappa shape index (κ3) is 3.39. The summed E-state index contributed by atoms with van der Waals surface area (Å²) >= 11 is 0. The van der Waals surface area contributed by atoms with Crippen LogP contribution in [0.25, 0.3) is 0 Å². The molecule has 0 saturated heterocycles. The highest BCUT2D eigenvalue weighted by atomic mass is 19.1. The van der Waals surface area contributed by atoms with Gasteiger partial charge in [0, 0.05) is 5.69 Å². The zero-order chi connectivity index (χ0) is 14.7. The molecule has 0 aliphatic rings. The number of carbonyl (C=O) groups excluding carboxylic acids is 1. The van der Waals surface area contributed by atoms with Crippen LogP contribution in [0.3, 0.4) is 0 Å². The Kier molecular flexibility index (Phi) is 4.09. The van der Waals surface area contributed by atoms with Gasteiger partial charge < -0.3 is 10.4 Å². The Labute approximate surface area is 115 Å². The number of aryl methyl sites for hydroxylation is 1. The Morgan fingerprint density at radius 1 is 1.55 bits per heavy atom. The number of aromatic nitrogens is 3. The summed E-state index contributed by atoms with van der Waals surface area (Å²) in [5.74, 6) is -0.760. The fourth-order valence-electron chi connectivity index (χ4n) is 1.65. The highest BCUT2D eigenvalue weighted by molar-refractivity contribution is 5.91. The van der Waals surface area contributed by atoms with Crippen molar-refractivity contribution in [2.24, 2.45) is 0 Å². The van der Waals surface area contributed by atoms with Crippen molar-refractivity contribution in [3.63, 3.8) is 0 Å². The van der Waals surface area contributed by atoms with Crippen molar-refractivity contribution in [3.05, 3.63) is 41.5 Å². The lowest BCUT2D eigenvalue weighted by molar-refractivity contribution is -0.116. The number of benzene rings is 1. The summed E-state index contributed by atoms with van der Waals surface area (Å²) in [7, 11) is 0. The lowest BCUT2D eigenvalue weighted by atomic mass is 10.2. The molecule has 1 atom stereocenters. The van der Waals surface area contributed by atoms with Crippen molar-refractivity contribution in [1.82, 2.24) is 15.0 Å². The normalized spacial score (nSPS) is 12.2. The smallest absolute Gasteiger partial charge is 0.246 e. The summed E-state index contributed by atoms with van der Waals surface area (Å²) in [5, 5.41) is 19.4. The van der Waals surface area contributed by atoms with Gasteiger partial charge in [0.15, 0.2) is 0 Å². The van der Waals surface area contributed by atoms with E-state index in [1.54, 1.807) is 19.9 Å². The number of carbonyl (C=O) groups is 1. The van der Waals surface area contributed by atoms with Crippen LogP contribution in [-0.2, 0) is 11.3 Å².